The van der Waals surface area contributed by atoms with Gasteiger partial charge in [-0.25, -0.2) is 0 Å². The van der Waals surface area contributed by atoms with Gasteiger partial charge in [-0.2, -0.15) is 5.26 Å². The topological polar surface area (TPSA) is 45.0 Å². The normalized spacial score (nSPS) is 18.8. The van der Waals surface area contributed by atoms with Crippen LogP contribution in [0.1, 0.15) is 31.0 Å². The summed E-state index contributed by atoms with van der Waals surface area (Å²) in [5.74, 6) is 0.934. The van der Waals surface area contributed by atoms with Gasteiger partial charge in [-0.05, 0) is 44.2 Å². The minimum atomic E-state index is -0.308. The van der Waals surface area contributed by atoms with Crippen molar-refractivity contribution in [1.82, 2.24) is 0 Å². The van der Waals surface area contributed by atoms with Crippen LogP contribution >= 0.6 is 0 Å². The molecule has 3 nitrogen and oxygen atoms in total. The summed E-state index contributed by atoms with van der Waals surface area (Å²) in [5, 5.41) is 12.3. The number of benzene rings is 2. The molecule has 0 aromatic heterocycles. The number of hydrogen-bond donors (Lipinski definition) is 1. The Hall–Kier alpha value is -2.47. The quantitative estimate of drug-likeness (QED) is 0.895. The summed E-state index contributed by atoms with van der Waals surface area (Å²) in [4.78, 5) is 0. The lowest BCUT2D eigenvalue weighted by atomic mass is 9.94. The van der Waals surface area contributed by atoms with Crippen molar-refractivity contribution in [2.45, 2.75) is 25.5 Å². The molecule has 1 N–H and O–H groups in total. The van der Waals surface area contributed by atoms with E-state index in [1.54, 1.807) is 0 Å². The molecule has 0 fully saturated rings. The van der Waals surface area contributed by atoms with Gasteiger partial charge >= 0.3 is 0 Å². The maximum Gasteiger partial charge on any atom is 0.128 e. The Morgan fingerprint density at radius 2 is 1.80 bits per heavy atom. The molecule has 3 rings (SSSR count). The Morgan fingerprint density at radius 1 is 1.10 bits per heavy atom. The number of para-hydroxylation sites is 1. The van der Waals surface area contributed by atoms with Crippen molar-refractivity contribution in [2.24, 2.45) is 0 Å². The molecule has 2 aromatic rings. The summed E-state index contributed by atoms with van der Waals surface area (Å²) in [7, 11) is 0. The fourth-order valence-electron chi connectivity index (χ4n) is 2.59. The predicted molar refractivity (Wildman–Crippen MR) is 78.7 cm³/mol. The van der Waals surface area contributed by atoms with Crippen LogP contribution in [-0.4, -0.2) is 5.60 Å². The first-order valence-electron chi connectivity index (χ1n) is 6.65. The standard InChI is InChI=1S/C17H16N2O/c1-17(2)16(14-5-3-4-6-15(14)20-17)19-13-9-7-12(11-18)8-10-13/h3-10,16,19H,1-2H3. The van der Waals surface area contributed by atoms with Gasteiger partial charge in [0.25, 0.3) is 0 Å². The minimum Gasteiger partial charge on any atom is -0.485 e. The lowest BCUT2D eigenvalue weighted by Gasteiger charge is -2.28. The molecular formula is C17H16N2O. The van der Waals surface area contributed by atoms with E-state index >= 15 is 0 Å². The van der Waals surface area contributed by atoms with Crippen molar-refractivity contribution >= 4 is 5.69 Å². The zero-order valence-corrected chi connectivity index (χ0v) is 11.6. The van der Waals surface area contributed by atoms with Gasteiger partial charge in [-0.15, -0.1) is 0 Å². The molecule has 100 valence electrons. The van der Waals surface area contributed by atoms with Gasteiger partial charge in [-0.3, -0.25) is 0 Å². The molecule has 0 saturated carbocycles. The van der Waals surface area contributed by atoms with E-state index in [2.05, 4.69) is 31.3 Å². The molecule has 1 unspecified atom stereocenters. The number of fused-ring (bicyclic) bond motifs is 1. The zero-order chi connectivity index (χ0) is 14.2. The average Bonchev–Trinajstić information content (AvgIpc) is 2.70. The van der Waals surface area contributed by atoms with Crippen LogP contribution in [0.15, 0.2) is 48.5 Å². The minimum absolute atomic E-state index is 0.0895. The van der Waals surface area contributed by atoms with Gasteiger partial charge < -0.3 is 10.1 Å². The maximum absolute atomic E-state index is 8.84. The second-order valence-corrected chi connectivity index (χ2v) is 5.51. The lowest BCUT2D eigenvalue weighted by molar-refractivity contribution is 0.118. The predicted octanol–water partition coefficient (Wildman–Crippen LogP) is 3.88. The molecular weight excluding hydrogens is 248 g/mol. The van der Waals surface area contributed by atoms with Crippen LogP contribution in [0, 0.1) is 11.3 Å². The zero-order valence-electron chi connectivity index (χ0n) is 11.6. The van der Waals surface area contributed by atoms with Gasteiger partial charge in [0, 0.05) is 11.3 Å². The Kier molecular flexibility index (Phi) is 2.87. The second kappa shape index (κ2) is 4.57. The van der Waals surface area contributed by atoms with E-state index in [4.69, 9.17) is 10.00 Å². The van der Waals surface area contributed by atoms with Gasteiger partial charge in [0.15, 0.2) is 0 Å². The average molecular weight is 264 g/mol. The van der Waals surface area contributed by atoms with Crippen LogP contribution in [0.25, 0.3) is 0 Å². The van der Waals surface area contributed by atoms with Crippen LogP contribution in [0.2, 0.25) is 0 Å². The third-order valence-electron chi connectivity index (χ3n) is 3.62. The molecule has 0 spiro atoms. The molecule has 3 heteroatoms. The van der Waals surface area contributed by atoms with Crippen molar-refractivity contribution < 1.29 is 4.74 Å². The summed E-state index contributed by atoms with van der Waals surface area (Å²) in [5.41, 5.74) is 2.51. The molecule has 0 radical (unpaired) electrons. The third-order valence-corrected chi connectivity index (χ3v) is 3.62. The SMILES string of the molecule is CC1(C)Oc2ccccc2C1Nc1ccc(C#N)cc1. The van der Waals surface area contributed by atoms with E-state index in [-0.39, 0.29) is 11.6 Å². The van der Waals surface area contributed by atoms with E-state index in [9.17, 15) is 0 Å². The van der Waals surface area contributed by atoms with Crippen molar-refractivity contribution in [3.63, 3.8) is 0 Å². The number of rotatable bonds is 2. The Bertz CT molecular complexity index is 668. The molecule has 2 aromatic carbocycles. The number of anilines is 1. The number of nitriles is 1. The molecule has 0 bridgehead atoms. The summed E-state index contributed by atoms with van der Waals surface area (Å²) < 4.78 is 6.01. The molecule has 20 heavy (non-hydrogen) atoms. The number of ether oxygens (including phenoxy) is 1. The van der Waals surface area contributed by atoms with Crippen LogP contribution in [0.3, 0.4) is 0 Å². The largest absolute Gasteiger partial charge is 0.485 e. The van der Waals surface area contributed by atoms with E-state index in [1.165, 1.54) is 5.56 Å². The molecule has 0 saturated heterocycles. The van der Waals surface area contributed by atoms with E-state index in [0.717, 1.165) is 11.4 Å². The van der Waals surface area contributed by atoms with Crippen LogP contribution in [0.5, 0.6) is 5.75 Å². The first-order valence-corrected chi connectivity index (χ1v) is 6.65. The second-order valence-electron chi connectivity index (χ2n) is 5.51. The van der Waals surface area contributed by atoms with Crippen LogP contribution in [-0.2, 0) is 0 Å². The number of nitrogens with zero attached hydrogens (tertiary/aromatic N) is 1. The first-order chi connectivity index (χ1) is 9.60. The highest BCUT2D eigenvalue weighted by molar-refractivity contribution is 5.53. The van der Waals surface area contributed by atoms with E-state index in [1.807, 2.05) is 42.5 Å². The monoisotopic (exact) mass is 264 g/mol. The fraction of sp³-hybridized carbons (Fsp3) is 0.235. The van der Waals surface area contributed by atoms with Crippen LogP contribution < -0.4 is 10.1 Å². The molecule has 1 aliphatic heterocycles. The Balaban J connectivity index is 1.91. The first kappa shape index (κ1) is 12.6. The van der Waals surface area contributed by atoms with Crippen molar-refractivity contribution in [3.05, 3.63) is 59.7 Å². The summed E-state index contributed by atoms with van der Waals surface area (Å²) in [6.45, 7) is 4.16. The Morgan fingerprint density at radius 3 is 2.50 bits per heavy atom. The summed E-state index contributed by atoms with van der Waals surface area (Å²) in [6, 6.07) is 17.8. The highest BCUT2D eigenvalue weighted by Gasteiger charge is 2.40. The van der Waals surface area contributed by atoms with E-state index < -0.39 is 0 Å². The fourth-order valence-corrected chi connectivity index (χ4v) is 2.59. The molecule has 1 heterocycles. The van der Waals surface area contributed by atoms with Gasteiger partial charge in [-0.1, -0.05) is 18.2 Å². The van der Waals surface area contributed by atoms with Crippen molar-refractivity contribution in [3.8, 4) is 11.8 Å². The number of hydrogen-bond acceptors (Lipinski definition) is 3. The van der Waals surface area contributed by atoms with Gasteiger partial charge in [0.2, 0.25) is 0 Å². The molecule has 1 aliphatic rings. The van der Waals surface area contributed by atoms with E-state index in [0.29, 0.717) is 5.56 Å². The van der Waals surface area contributed by atoms with Gasteiger partial charge in [0.1, 0.15) is 11.4 Å². The third kappa shape index (κ3) is 2.10. The smallest absolute Gasteiger partial charge is 0.128 e. The van der Waals surface area contributed by atoms with Crippen molar-refractivity contribution in [2.75, 3.05) is 5.32 Å². The maximum atomic E-state index is 8.84. The lowest BCUT2D eigenvalue weighted by Crippen LogP contribution is -2.34. The van der Waals surface area contributed by atoms with Gasteiger partial charge in [0.05, 0.1) is 17.7 Å². The Labute approximate surface area is 118 Å². The summed E-state index contributed by atoms with van der Waals surface area (Å²) in [6.07, 6.45) is 0. The number of nitrogens with one attached hydrogen (secondary N) is 1. The summed E-state index contributed by atoms with van der Waals surface area (Å²) >= 11 is 0. The molecule has 0 amide bonds. The highest BCUT2D eigenvalue weighted by atomic mass is 16.5. The highest BCUT2D eigenvalue weighted by Crippen LogP contribution is 2.44. The van der Waals surface area contributed by atoms with Crippen LogP contribution in [0.4, 0.5) is 5.69 Å². The molecule has 0 aliphatic carbocycles. The van der Waals surface area contributed by atoms with Crippen molar-refractivity contribution in [1.29, 1.82) is 5.26 Å². The molecule has 1 atom stereocenters.